The first-order valence-electron chi connectivity index (χ1n) is 6.61. The summed E-state index contributed by atoms with van der Waals surface area (Å²) in [6.45, 7) is 4.28. The van der Waals surface area contributed by atoms with Gasteiger partial charge in [0.05, 0.1) is 0 Å². The molecule has 0 radical (unpaired) electrons. The Labute approximate surface area is 133 Å². The molecule has 0 aliphatic rings. The minimum Gasteiger partial charge on any atom is -0.449 e. The van der Waals surface area contributed by atoms with Crippen molar-refractivity contribution in [1.82, 2.24) is 0 Å². The average molecular weight is 341 g/mol. The van der Waals surface area contributed by atoms with Crippen LogP contribution in [0, 0.1) is 0 Å². The predicted octanol–water partition coefficient (Wildman–Crippen LogP) is 3.09. The van der Waals surface area contributed by atoms with E-state index in [9.17, 15) is 0 Å². The smallest absolute Gasteiger partial charge is 0.241 e. The van der Waals surface area contributed by atoms with Gasteiger partial charge in [0.2, 0.25) is 8.32 Å². The first-order chi connectivity index (χ1) is 9.54. The molecule has 0 N–H and O–H groups in total. The molecule has 0 saturated carbocycles. The second-order valence-electron chi connectivity index (χ2n) is 4.92. The van der Waals surface area contributed by atoms with Gasteiger partial charge in [-0.2, -0.15) is 0 Å². The Bertz CT molecular complexity index is 495. The SMILES string of the molecule is C[SiH](O[Si](C)(c1ccccc1)c1ccccc1)C(Cl)Cl. The molecular formula is C15H18Cl2OSi2. The van der Waals surface area contributed by atoms with Gasteiger partial charge < -0.3 is 4.12 Å². The van der Waals surface area contributed by atoms with Crippen molar-refractivity contribution in [2.45, 2.75) is 17.6 Å². The van der Waals surface area contributed by atoms with Crippen LogP contribution in [0.1, 0.15) is 0 Å². The molecule has 0 saturated heterocycles. The van der Waals surface area contributed by atoms with Gasteiger partial charge in [0.25, 0.3) is 0 Å². The Balaban J connectivity index is 2.44. The number of alkyl halides is 2. The second kappa shape index (κ2) is 6.92. The summed E-state index contributed by atoms with van der Waals surface area (Å²) in [6.07, 6.45) is 0. The van der Waals surface area contributed by atoms with Crippen molar-refractivity contribution >= 4 is 50.9 Å². The molecule has 2 aromatic rings. The number of halogens is 2. The molecule has 5 heteroatoms. The molecule has 1 unspecified atom stereocenters. The van der Waals surface area contributed by atoms with E-state index in [4.69, 9.17) is 27.3 Å². The molecule has 1 nitrogen and oxygen atoms in total. The maximum absolute atomic E-state index is 6.49. The summed E-state index contributed by atoms with van der Waals surface area (Å²) in [6, 6.07) is 20.8. The van der Waals surface area contributed by atoms with E-state index in [1.807, 2.05) is 12.1 Å². The zero-order chi connectivity index (χ0) is 14.6. The van der Waals surface area contributed by atoms with Crippen LogP contribution >= 0.6 is 23.2 Å². The summed E-state index contributed by atoms with van der Waals surface area (Å²) in [4.78, 5) is 0. The Morgan fingerprint density at radius 2 is 1.30 bits per heavy atom. The van der Waals surface area contributed by atoms with Gasteiger partial charge in [-0.1, -0.05) is 60.7 Å². The third-order valence-electron chi connectivity index (χ3n) is 3.43. The molecule has 0 heterocycles. The lowest BCUT2D eigenvalue weighted by molar-refractivity contribution is 0.593. The minimum absolute atomic E-state index is 0.394. The summed E-state index contributed by atoms with van der Waals surface area (Å²) in [5.74, 6) is 0. The van der Waals surface area contributed by atoms with Crippen LogP contribution in [0.4, 0.5) is 0 Å². The van der Waals surface area contributed by atoms with Gasteiger partial charge in [-0.05, 0) is 23.5 Å². The van der Waals surface area contributed by atoms with E-state index in [1.54, 1.807) is 0 Å². The van der Waals surface area contributed by atoms with Gasteiger partial charge in [0.1, 0.15) is 4.46 Å². The van der Waals surface area contributed by atoms with Crippen LogP contribution in [0.2, 0.25) is 13.1 Å². The van der Waals surface area contributed by atoms with E-state index in [0.29, 0.717) is 0 Å². The average Bonchev–Trinajstić information content (AvgIpc) is 2.48. The lowest BCUT2D eigenvalue weighted by Gasteiger charge is -2.32. The number of rotatable bonds is 5. The molecule has 106 valence electrons. The van der Waals surface area contributed by atoms with Crippen molar-refractivity contribution < 1.29 is 4.12 Å². The highest BCUT2D eigenvalue weighted by atomic mass is 35.5. The van der Waals surface area contributed by atoms with Gasteiger partial charge in [-0.3, -0.25) is 0 Å². The van der Waals surface area contributed by atoms with Crippen molar-refractivity contribution in [3.63, 3.8) is 0 Å². The largest absolute Gasteiger partial charge is 0.449 e. The zero-order valence-corrected chi connectivity index (χ0v) is 15.3. The lowest BCUT2D eigenvalue weighted by atomic mass is 10.4. The molecule has 20 heavy (non-hydrogen) atoms. The van der Waals surface area contributed by atoms with Crippen molar-refractivity contribution in [3.8, 4) is 0 Å². The van der Waals surface area contributed by atoms with Crippen LogP contribution in [-0.4, -0.2) is 21.8 Å². The van der Waals surface area contributed by atoms with Gasteiger partial charge in [-0.15, -0.1) is 23.2 Å². The fourth-order valence-electron chi connectivity index (χ4n) is 2.24. The second-order valence-corrected chi connectivity index (χ2v) is 13.2. The molecule has 0 fully saturated rings. The van der Waals surface area contributed by atoms with Crippen LogP contribution in [0.25, 0.3) is 0 Å². The monoisotopic (exact) mass is 340 g/mol. The molecular weight excluding hydrogens is 323 g/mol. The fourth-order valence-corrected chi connectivity index (χ4v) is 9.63. The normalized spacial score (nSPS) is 13.4. The molecule has 0 spiro atoms. The number of hydrogen-bond donors (Lipinski definition) is 0. The van der Waals surface area contributed by atoms with Crippen molar-refractivity contribution in [1.29, 1.82) is 0 Å². The maximum Gasteiger partial charge on any atom is 0.241 e. The summed E-state index contributed by atoms with van der Waals surface area (Å²) in [5, 5.41) is 2.50. The van der Waals surface area contributed by atoms with Gasteiger partial charge in [0, 0.05) is 0 Å². The van der Waals surface area contributed by atoms with E-state index in [-0.39, 0.29) is 0 Å². The van der Waals surface area contributed by atoms with Crippen molar-refractivity contribution in [3.05, 3.63) is 60.7 Å². The van der Waals surface area contributed by atoms with Crippen molar-refractivity contribution in [2.75, 3.05) is 0 Å². The zero-order valence-electron chi connectivity index (χ0n) is 11.6. The molecule has 0 bridgehead atoms. The molecule has 2 rings (SSSR count). The van der Waals surface area contributed by atoms with Crippen LogP contribution in [-0.2, 0) is 4.12 Å². The maximum atomic E-state index is 6.49. The fraction of sp³-hybridized carbons (Fsp3) is 0.200. The molecule has 0 aliphatic carbocycles. The predicted molar refractivity (Wildman–Crippen MR) is 93.4 cm³/mol. The van der Waals surface area contributed by atoms with Crippen LogP contribution < -0.4 is 10.4 Å². The Morgan fingerprint density at radius 3 is 1.65 bits per heavy atom. The molecule has 0 amide bonds. The van der Waals surface area contributed by atoms with E-state index in [2.05, 4.69) is 61.6 Å². The third kappa shape index (κ3) is 3.54. The molecule has 0 aliphatic heterocycles. The molecule has 0 aromatic heterocycles. The summed E-state index contributed by atoms with van der Waals surface area (Å²) >= 11 is 12.1. The first-order valence-corrected chi connectivity index (χ1v) is 12.2. The topological polar surface area (TPSA) is 9.23 Å². The molecule has 2 aromatic carbocycles. The Hall–Kier alpha value is -0.586. The third-order valence-corrected chi connectivity index (χ3v) is 12.5. The highest BCUT2D eigenvalue weighted by Gasteiger charge is 2.36. The van der Waals surface area contributed by atoms with Crippen LogP contribution in [0.3, 0.4) is 0 Å². The lowest BCUT2D eigenvalue weighted by Crippen LogP contribution is -2.61. The van der Waals surface area contributed by atoms with E-state index >= 15 is 0 Å². The number of benzene rings is 2. The van der Waals surface area contributed by atoms with E-state index in [1.165, 1.54) is 10.4 Å². The molecule has 1 atom stereocenters. The summed E-state index contributed by atoms with van der Waals surface area (Å²) in [7, 11) is -3.88. The number of hydrogen-bond acceptors (Lipinski definition) is 1. The van der Waals surface area contributed by atoms with E-state index < -0.39 is 21.8 Å². The van der Waals surface area contributed by atoms with Crippen LogP contribution in [0.5, 0.6) is 0 Å². The van der Waals surface area contributed by atoms with Gasteiger partial charge >= 0.3 is 0 Å². The quantitative estimate of drug-likeness (QED) is 0.600. The Morgan fingerprint density at radius 1 is 0.900 bits per heavy atom. The van der Waals surface area contributed by atoms with Gasteiger partial charge in [-0.25, -0.2) is 0 Å². The van der Waals surface area contributed by atoms with Gasteiger partial charge in [0.15, 0.2) is 9.04 Å². The minimum atomic E-state index is -2.23. The van der Waals surface area contributed by atoms with Crippen LogP contribution in [0.15, 0.2) is 60.7 Å². The van der Waals surface area contributed by atoms with Crippen molar-refractivity contribution in [2.24, 2.45) is 0 Å². The summed E-state index contributed by atoms with van der Waals surface area (Å²) < 4.78 is 6.09. The standard InChI is InChI=1S/C15H18Cl2OSi2/c1-19(15(16)17)18-20(2,13-9-5-3-6-10-13)14-11-7-4-8-12-14/h3-12,15,19H,1-2H3. The first kappa shape index (κ1) is 15.8. The highest BCUT2D eigenvalue weighted by molar-refractivity contribution is 7.00. The summed E-state index contributed by atoms with van der Waals surface area (Å²) in [5.41, 5.74) is 0. The highest BCUT2D eigenvalue weighted by Crippen LogP contribution is 2.15. The van der Waals surface area contributed by atoms with E-state index in [0.717, 1.165) is 0 Å². The Kier molecular flexibility index (Phi) is 5.46.